The minimum atomic E-state index is -0.278. The van der Waals surface area contributed by atoms with Crippen molar-refractivity contribution in [2.75, 3.05) is 13.1 Å². The highest BCUT2D eigenvalue weighted by atomic mass is 16.3. The largest absolute Gasteiger partial charge is 0.437 e. The van der Waals surface area contributed by atoms with Crippen molar-refractivity contribution in [3.8, 4) is 0 Å². The van der Waals surface area contributed by atoms with Gasteiger partial charge in [-0.25, -0.2) is 4.98 Å². The lowest BCUT2D eigenvalue weighted by atomic mass is 10.1. The van der Waals surface area contributed by atoms with Crippen LogP contribution in [0.15, 0.2) is 34.8 Å². The van der Waals surface area contributed by atoms with Crippen LogP contribution in [0.2, 0.25) is 0 Å². The summed E-state index contributed by atoms with van der Waals surface area (Å²) in [6.07, 6.45) is 4.07. The lowest BCUT2D eigenvalue weighted by Gasteiger charge is -2.28. The van der Waals surface area contributed by atoms with Gasteiger partial charge in [-0.2, -0.15) is 0 Å². The Balaban J connectivity index is 1.68. The Morgan fingerprint density at radius 3 is 2.85 bits per heavy atom. The van der Waals surface area contributed by atoms with E-state index >= 15 is 0 Å². The average molecular weight is 272 g/mol. The SMILES string of the molecule is O=C(C=Cc1nc2ccccc2o1)N1CCC(O)CC1. The van der Waals surface area contributed by atoms with Gasteiger partial charge in [0, 0.05) is 25.2 Å². The zero-order chi connectivity index (χ0) is 13.9. The zero-order valence-corrected chi connectivity index (χ0v) is 11.0. The standard InChI is InChI=1S/C15H16N2O3/c18-11-7-9-17(10-8-11)15(19)6-5-14-16-12-3-1-2-4-13(12)20-14/h1-6,11,18H,7-10H2. The summed E-state index contributed by atoms with van der Waals surface area (Å²) in [5, 5.41) is 9.42. The maximum absolute atomic E-state index is 12.0. The van der Waals surface area contributed by atoms with Crippen LogP contribution < -0.4 is 0 Å². The number of hydrogen-bond donors (Lipinski definition) is 1. The van der Waals surface area contributed by atoms with Crippen molar-refractivity contribution in [2.45, 2.75) is 18.9 Å². The van der Waals surface area contributed by atoms with Crippen LogP contribution in [-0.2, 0) is 4.79 Å². The first-order valence-corrected chi connectivity index (χ1v) is 6.73. The normalized spacial score (nSPS) is 17.1. The van der Waals surface area contributed by atoms with Crippen LogP contribution in [0.3, 0.4) is 0 Å². The smallest absolute Gasteiger partial charge is 0.246 e. The topological polar surface area (TPSA) is 66.6 Å². The summed E-state index contributed by atoms with van der Waals surface area (Å²) in [6, 6.07) is 7.48. The van der Waals surface area contributed by atoms with Crippen LogP contribution in [0.5, 0.6) is 0 Å². The Labute approximate surface area is 116 Å². The van der Waals surface area contributed by atoms with Crippen molar-refractivity contribution in [1.82, 2.24) is 9.88 Å². The lowest BCUT2D eigenvalue weighted by molar-refractivity contribution is -0.127. The lowest BCUT2D eigenvalue weighted by Crippen LogP contribution is -2.39. The molecule has 1 aliphatic rings. The Kier molecular flexibility index (Phi) is 3.52. The molecule has 1 aromatic heterocycles. The number of para-hydroxylation sites is 2. The molecule has 1 aliphatic heterocycles. The molecule has 0 aliphatic carbocycles. The third-order valence-corrected chi connectivity index (χ3v) is 3.46. The van der Waals surface area contributed by atoms with E-state index in [1.165, 1.54) is 6.08 Å². The molecule has 0 bridgehead atoms. The van der Waals surface area contributed by atoms with Crippen LogP contribution in [0.25, 0.3) is 17.2 Å². The maximum atomic E-state index is 12.0. The van der Waals surface area contributed by atoms with E-state index in [2.05, 4.69) is 4.98 Å². The Bertz CT molecular complexity index is 606. The molecule has 0 radical (unpaired) electrons. The number of carbonyl (C=O) groups is 1. The first kappa shape index (κ1) is 12.9. The summed E-state index contributed by atoms with van der Waals surface area (Å²) < 4.78 is 5.51. The van der Waals surface area contributed by atoms with Gasteiger partial charge in [0.05, 0.1) is 6.10 Å². The number of likely N-dealkylation sites (tertiary alicyclic amines) is 1. The molecule has 5 nitrogen and oxygen atoms in total. The average Bonchev–Trinajstić information content (AvgIpc) is 2.88. The van der Waals surface area contributed by atoms with Crippen LogP contribution in [0, 0.1) is 0 Å². The van der Waals surface area contributed by atoms with Gasteiger partial charge in [-0.05, 0) is 25.0 Å². The van der Waals surface area contributed by atoms with Gasteiger partial charge in [-0.3, -0.25) is 4.79 Å². The van der Waals surface area contributed by atoms with E-state index in [9.17, 15) is 9.90 Å². The number of piperidine rings is 1. The van der Waals surface area contributed by atoms with Gasteiger partial charge in [0.25, 0.3) is 0 Å². The third-order valence-electron chi connectivity index (χ3n) is 3.46. The van der Waals surface area contributed by atoms with Crippen LogP contribution in [-0.4, -0.2) is 40.1 Å². The van der Waals surface area contributed by atoms with Crippen molar-refractivity contribution in [1.29, 1.82) is 0 Å². The summed E-state index contributed by atoms with van der Waals surface area (Å²) >= 11 is 0. The van der Waals surface area contributed by atoms with Crippen molar-refractivity contribution < 1.29 is 14.3 Å². The molecule has 20 heavy (non-hydrogen) atoms. The Hall–Kier alpha value is -2.14. The molecule has 1 saturated heterocycles. The highest BCUT2D eigenvalue weighted by molar-refractivity contribution is 5.91. The van der Waals surface area contributed by atoms with E-state index in [1.807, 2.05) is 24.3 Å². The number of aliphatic hydroxyl groups excluding tert-OH is 1. The van der Waals surface area contributed by atoms with Gasteiger partial charge in [0.1, 0.15) is 5.52 Å². The molecular formula is C15H16N2O3. The molecule has 1 aromatic carbocycles. The number of nitrogens with zero attached hydrogens (tertiary/aromatic N) is 2. The first-order valence-electron chi connectivity index (χ1n) is 6.73. The Morgan fingerprint density at radius 1 is 1.35 bits per heavy atom. The molecule has 5 heteroatoms. The van der Waals surface area contributed by atoms with Crippen molar-refractivity contribution in [2.24, 2.45) is 0 Å². The minimum Gasteiger partial charge on any atom is -0.437 e. The molecule has 2 aromatic rings. The second kappa shape index (κ2) is 5.46. The predicted molar refractivity (Wildman–Crippen MR) is 74.9 cm³/mol. The van der Waals surface area contributed by atoms with Crippen LogP contribution in [0.4, 0.5) is 0 Å². The summed E-state index contributed by atoms with van der Waals surface area (Å²) in [6.45, 7) is 1.19. The van der Waals surface area contributed by atoms with E-state index in [0.717, 1.165) is 5.52 Å². The van der Waals surface area contributed by atoms with Crippen LogP contribution in [0.1, 0.15) is 18.7 Å². The van der Waals surface area contributed by atoms with Crippen LogP contribution >= 0.6 is 0 Å². The molecule has 3 rings (SSSR count). The number of carbonyl (C=O) groups excluding carboxylic acids is 1. The molecule has 0 atom stereocenters. The van der Waals surface area contributed by atoms with Crippen molar-refractivity contribution in [3.63, 3.8) is 0 Å². The number of aliphatic hydroxyl groups is 1. The van der Waals surface area contributed by atoms with Crippen molar-refractivity contribution in [3.05, 3.63) is 36.2 Å². The number of fused-ring (bicyclic) bond motifs is 1. The molecule has 2 heterocycles. The molecule has 0 saturated carbocycles. The van der Waals surface area contributed by atoms with E-state index in [-0.39, 0.29) is 12.0 Å². The fraction of sp³-hybridized carbons (Fsp3) is 0.333. The number of oxazole rings is 1. The fourth-order valence-electron chi connectivity index (χ4n) is 2.30. The predicted octanol–water partition coefficient (Wildman–Crippen LogP) is 1.82. The molecule has 1 amide bonds. The number of aromatic nitrogens is 1. The van der Waals surface area contributed by atoms with Gasteiger partial charge < -0.3 is 14.4 Å². The van der Waals surface area contributed by atoms with E-state index in [4.69, 9.17) is 4.42 Å². The molecular weight excluding hydrogens is 256 g/mol. The van der Waals surface area contributed by atoms with Gasteiger partial charge in [0.2, 0.25) is 11.8 Å². The molecule has 104 valence electrons. The first-order chi connectivity index (χ1) is 9.72. The summed E-state index contributed by atoms with van der Waals surface area (Å²) in [5.74, 6) is 0.357. The van der Waals surface area contributed by atoms with Gasteiger partial charge >= 0.3 is 0 Å². The molecule has 1 fully saturated rings. The quantitative estimate of drug-likeness (QED) is 0.847. The fourth-order valence-corrected chi connectivity index (χ4v) is 2.30. The number of hydrogen-bond acceptors (Lipinski definition) is 4. The van der Waals surface area contributed by atoms with E-state index < -0.39 is 0 Å². The zero-order valence-electron chi connectivity index (χ0n) is 11.0. The van der Waals surface area contributed by atoms with Gasteiger partial charge in [-0.15, -0.1) is 0 Å². The number of benzene rings is 1. The highest BCUT2D eigenvalue weighted by Crippen LogP contribution is 2.16. The van der Waals surface area contributed by atoms with Gasteiger partial charge in [-0.1, -0.05) is 12.1 Å². The van der Waals surface area contributed by atoms with Crippen molar-refractivity contribution >= 4 is 23.1 Å². The monoisotopic (exact) mass is 272 g/mol. The number of amides is 1. The summed E-state index contributed by atoms with van der Waals surface area (Å²) in [4.78, 5) is 18.0. The van der Waals surface area contributed by atoms with Gasteiger partial charge in [0.15, 0.2) is 5.58 Å². The highest BCUT2D eigenvalue weighted by Gasteiger charge is 2.19. The minimum absolute atomic E-state index is 0.0702. The second-order valence-corrected chi connectivity index (χ2v) is 4.91. The summed E-state index contributed by atoms with van der Waals surface area (Å²) in [7, 11) is 0. The van der Waals surface area contributed by atoms with E-state index in [1.54, 1.807) is 11.0 Å². The Morgan fingerprint density at radius 2 is 2.10 bits per heavy atom. The second-order valence-electron chi connectivity index (χ2n) is 4.91. The molecule has 0 spiro atoms. The molecule has 0 unspecified atom stereocenters. The summed E-state index contributed by atoms with van der Waals surface area (Å²) in [5.41, 5.74) is 1.49. The third kappa shape index (κ3) is 2.72. The maximum Gasteiger partial charge on any atom is 0.246 e. The molecule has 1 N–H and O–H groups in total. The number of rotatable bonds is 2. The van der Waals surface area contributed by atoms with E-state index in [0.29, 0.717) is 37.4 Å².